The Hall–Kier alpha value is -0.810. The number of halogens is 2. The largest absolute Gasteiger partial charge is 0.393 e. The van der Waals surface area contributed by atoms with E-state index in [2.05, 4.69) is 5.32 Å². The zero-order chi connectivity index (χ0) is 13.1. The molecule has 3 N–H and O–H groups in total. The van der Waals surface area contributed by atoms with Crippen molar-refractivity contribution in [3.63, 3.8) is 0 Å². The zero-order valence-corrected chi connectivity index (χ0v) is 10.7. The summed E-state index contributed by atoms with van der Waals surface area (Å²) < 4.78 is 0. The van der Waals surface area contributed by atoms with Crippen molar-refractivity contribution in [1.29, 1.82) is 0 Å². The van der Waals surface area contributed by atoms with Gasteiger partial charge in [0, 0.05) is 6.54 Å². The molecule has 1 aromatic carbocycles. The molecule has 1 aromatic rings. The van der Waals surface area contributed by atoms with E-state index in [1.165, 1.54) is 13.0 Å². The van der Waals surface area contributed by atoms with Crippen LogP contribution in [-0.4, -0.2) is 34.9 Å². The molecule has 94 valence electrons. The minimum Gasteiger partial charge on any atom is -0.393 e. The third-order valence-corrected chi connectivity index (χ3v) is 2.99. The highest BCUT2D eigenvalue weighted by atomic mass is 35.5. The number of hydrogen-bond donors (Lipinski definition) is 3. The monoisotopic (exact) mass is 277 g/mol. The van der Waals surface area contributed by atoms with Gasteiger partial charge in [-0.15, -0.1) is 0 Å². The molecule has 1 unspecified atom stereocenters. The van der Waals surface area contributed by atoms with E-state index in [1.807, 2.05) is 0 Å². The number of carbonyl (C=O) groups excluding carboxylic acids is 1. The molecular formula is C11H13Cl2NO3. The van der Waals surface area contributed by atoms with Crippen LogP contribution in [0.4, 0.5) is 0 Å². The minimum absolute atomic E-state index is 0.0782. The van der Waals surface area contributed by atoms with Crippen molar-refractivity contribution in [2.75, 3.05) is 13.2 Å². The number of amides is 1. The van der Waals surface area contributed by atoms with Gasteiger partial charge in [-0.3, -0.25) is 4.79 Å². The molecule has 0 radical (unpaired) electrons. The van der Waals surface area contributed by atoms with Crippen LogP contribution < -0.4 is 5.32 Å². The molecule has 0 saturated carbocycles. The van der Waals surface area contributed by atoms with Gasteiger partial charge in [-0.05, 0) is 19.1 Å². The van der Waals surface area contributed by atoms with E-state index in [9.17, 15) is 9.90 Å². The van der Waals surface area contributed by atoms with Gasteiger partial charge in [0.15, 0.2) is 0 Å². The number of aliphatic hydroxyl groups is 2. The summed E-state index contributed by atoms with van der Waals surface area (Å²) >= 11 is 11.6. The third-order valence-electron chi connectivity index (χ3n) is 2.17. The SMILES string of the molecule is CC(O)(CO)CNC(=O)c1cccc(Cl)c1Cl. The molecule has 0 aliphatic heterocycles. The maximum atomic E-state index is 11.7. The highest BCUT2D eigenvalue weighted by molar-refractivity contribution is 6.43. The van der Waals surface area contributed by atoms with Gasteiger partial charge in [0.2, 0.25) is 0 Å². The lowest BCUT2D eigenvalue weighted by atomic mass is 10.1. The van der Waals surface area contributed by atoms with Crippen molar-refractivity contribution < 1.29 is 15.0 Å². The molecule has 0 bridgehead atoms. The van der Waals surface area contributed by atoms with E-state index in [1.54, 1.807) is 12.1 Å². The fourth-order valence-electron chi connectivity index (χ4n) is 1.10. The van der Waals surface area contributed by atoms with Crippen LogP contribution in [0.25, 0.3) is 0 Å². The van der Waals surface area contributed by atoms with Gasteiger partial charge in [0.25, 0.3) is 5.91 Å². The number of nitrogens with one attached hydrogen (secondary N) is 1. The van der Waals surface area contributed by atoms with Crippen molar-refractivity contribution >= 4 is 29.1 Å². The topological polar surface area (TPSA) is 69.6 Å². The maximum absolute atomic E-state index is 11.7. The van der Waals surface area contributed by atoms with E-state index in [0.29, 0.717) is 0 Å². The second-order valence-corrected chi connectivity index (χ2v) is 4.72. The van der Waals surface area contributed by atoms with E-state index in [0.717, 1.165) is 0 Å². The van der Waals surface area contributed by atoms with E-state index in [-0.39, 0.29) is 22.2 Å². The highest BCUT2D eigenvalue weighted by Gasteiger charge is 2.21. The number of rotatable bonds is 4. The molecule has 4 nitrogen and oxygen atoms in total. The van der Waals surface area contributed by atoms with Crippen LogP contribution in [0.15, 0.2) is 18.2 Å². The summed E-state index contributed by atoms with van der Waals surface area (Å²) in [6.07, 6.45) is 0. The molecule has 1 rings (SSSR count). The number of aliphatic hydroxyl groups excluding tert-OH is 1. The summed E-state index contributed by atoms with van der Waals surface area (Å²) in [6.45, 7) is 0.884. The Kier molecular flexibility index (Phi) is 4.77. The summed E-state index contributed by atoms with van der Waals surface area (Å²) in [4.78, 5) is 11.7. The molecule has 17 heavy (non-hydrogen) atoms. The zero-order valence-electron chi connectivity index (χ0n) is 9.20. The van der Waals surface area contributed by atoms with Crippen LogP contribution >= 0.6 is 23.2 Å². The Morgan fingerprint density at radius 1 is 1.47 bits per heavy atom. The third kappa shape index (κ3) is 3.85. The predicted octanol–water partition coefficient (Wildman–Crippen LogP) is 1.47. The van der Waals surface area contributed by atoms with Crippen LogP contribution in [-0.2, 0) is 0 Å². The predicted molar refractivity (Wildman–Crippen MR) is 66.5 cm³/mol. The molecule has 1 atom stereocenters. The maximum Gasteiger partial charge on any atom is 0.252 e. The molecule has 0 aliphatic rings. The first-order valence-corrected chi connectivity index (χ1v) is 5.68. The Labute approximate surface area is 109 Å². The lowest BCUT2D eigenvalue weighted by Crippen LogP contribution is -2.43. The van der Waals surface area contributed by atoms with Crippen LogP contribution in [0.5, 0.6) is 0 Å². The van der Waals surface area contributed by atoms with E-state index >= 15 is 0 Å². The molecule has 0 spiro atoms. The Morgan fingerprint density at radius 3 is 2.71 bits per heavy atom. The second kappa shape index (κ2) is 5.69. The van der Waals surface area contributed by atoms with Crippen molar-refractivity contribution in [2.45, 2.75) is 12.5 Å². The number of hydrogen-bond acceptors (Lipinski definition) is 3. The molecule has 0 heterocycles. The van der Waals surface area contributed by atoms with Gasteiger partial charge < -0.3 is 15.5 Å². The second-order valence-electron chi connectivity index (χ2n) is 3.94. The Bertz CT molecular complexity index is 421. The Morgan fingerprint density at radius 2 is 2.12 bits per heavy atom. The van der Waals surface area contributed by atoms with Gasteiger partial charge >= 0.3 is 0 Å². The normalized spacial score (nSPS) is 14.2. The minimum atomic E-state index is -1.36. The number of benzene rings is 1. The van der Waals surface area contributed by atoms with Gasteiger partial charge in [0.1, 0.15) is 5.60 Å². The first kappa shape index (κ1) is 14.3. The first-order valence-electron chi connectivity index (χ1n) is 4.93. The van der Waals surface area contributed by atoms with Crippen molar-refractivity contribution in [2.24, 2.45) is 0 Å². The van der Waals surface area contributed by atoms with Gasteiger partial charge in [0.05, 0.1) is 22.2 Å². The van der Waals surface area contributed by atoms with Crippen LogP contribution in [0, 0.1) is 0 Å². The summed E-state index contributed by atoms with van der Waals surface area (Å²) in [5.74, 6) is -0.453. The highest BCUT2D eigenvalue weighted by Crippen LogP contribution is 2.25. The standard InChI is InChI=1S/C11H13Cl2NO3/c1-11(17,6-15)5-14-10(16)7-3-2-4-8(12)9(7)13/h2-4,15,17H,5-6H2,1H3,(H,14,16). The molecule has 6 heteroatoms. The molecular weight excluding hydrogens is 265 g/mol. The van der Waals surface area contributed by atoms with Crippen molar-refractivity contribution in [3.05, 3.63) is 33.8 Å². The molecule has 0 fully saturated rings. The quantitative estimate of drug-likeness (QED) is 0.781. The van der Waals surface area contributed by atoms with Crippen molar-refractivity contribution in [3.8, 4) is 0 Å². The van der Waals surface area contributed by atoms with E-state index < -0.39 is 18.1 Å². The lowest BCUT2D eigenvalue weighted by Gasteiger charge is -2.20. The molecule has 1 amide bonds. The summed E-state index contributed by atoms with van der Waals surface area (Å²) in [5, 5.41) is 21.3. The Balaban J connectivity index is 2.74. The van der Waals surface area contributed by atoms with Gasteiger partial charge in [-0.2, -0.15) is 0 Å². The van der Waals surface area contributed by atoms with Crippen LogP contribution in [0.1, 0.15) is 17.3 Å². The fourth-order valence-corrected chi connectivity index (χ4v) is 1.49. The smallest absolute Gasteiger partial charge is 0.252 e. The van der Waals surface area contributed by atoms with Crippen LogP contribution in [0.2, 0.25) is 10.0 Å². The van der Waals surface area contributed by atoms with Gasteiger partial charge in [-0.1, -0.05) is 29.3 Å². The van der Waals surface area contributed by atoms with E-state index in [4.69, 9.17) is 28.3 Å². The number of carbonyl (C=O) groups is 1. The summed E-state index contributed by atoms with van der Waals surface area (Å²) in [5.41, 5.74) is -1.13. The van der Waals surface area contributed by atoms with Crippen molar-refractivity contribution in [1.82, 2.24) is 5.32 Å². The fraction of sp³-hybridized carbons (Fsp3) is 0.364. The average molecular weight is 278 g/mol. The molecule has 0 aliphatic carbocycles. The van der Waals surface area contributed by atoms with Gasteiger partial charge in [-0.25, -0.2) is 0 Å². The average Bonchev–Trinajstić information content (AvgIpc) is 2.30. The summed E-state index contributed by atoms with van der Waals surface area (Å²) in [7, 11) is 0. The summed E-state index contributed by atoms with van der Waals surface area (Å²) in [6, 6.07) is 4.70. The lowest BCUT2D eigenvalue weighted by molar-refractivity contribution is 0.00320. The molecule has 0 aromatic heterocycles. The molecule has 0 saturated heterocycles. The van der Waals surface area contributed by atoms with Crippen LogP contribution in [0.3, 0.4) is 0 Å². The first-order chi connectivity index (χ1) is 7.87.